The molecule has 5 aromatic carbocycles. The van der Waals surface area contributed by atoms with Gasteiger partial charge in [-0.3, -0.25) is 0 Å². The second-order valence-corrected chi connectivity index (χ2v) is 7.75. The Morgan fingerprint density at radius 2 is 0.935 bits per heavy atom. The molecule has 0 fully saturated rings. The van der Waals surface area contributed by atoms with E-state index in [0.717, 1.165) is 22.6 Å². The molecule has 31 heavy (non-hydrogen) atoms. The third-order valence-corrected chi connectivity index (χ3v) is 5.93. The van der Waals surface area contributed by atoms with Crippen LogP contribution in [0.15, 0.2) is 91.0 Å². The molecule has 5 rings (SSSR count). The Bertz CT molecular complexity index is 1420. The first-order valence-electron chi connectivity index (χ1n) is 10.4. The third kappa shape index (κ3) is 3.12. The van der Waals surface area contributed by atoms with Crippen LogP contribution in [-0.2, 0) is 0 Å². The average Bonchev–Trinajstić information content (AvgIpc) is 2.82. The molecule has 0 radical (unpaired) electrons. The van der Waals surface area contributed by atoms with Crippen LogP contribution in [0.3, 0.4) is 0 Å². The summed E-state index contributed by atoms with van der Waals surface area (Å²) in [4.78, 5) is 0. The fourth-order valence-electron chi connectivity index (χ4n) is 4.57. The van der Waals surface area contributed by atoms with Crippen LogP contribution in [0.2, 0.25) is 0 Å². The second kappa shape index (κ2) is 7.81. The van der Waals surface area contributed by atoms with E-state index >= 15 is 0 Å². The maximum Gasteiger partial charge on any atom is 0.126 e. The molecule has 0 unspecified atom stereocenters. The standard InChI is InChI=1S/C29H24O2/c1-19-16-17-22-25(18-19)29(24-13-7-9-15-27(24)31-3)21-11-5-4-10-20(21)28(22)23-12-6-8-14-26(23)30-2/h4-18H,1-3H3. The van der Waals surface area contributed by atoms with Crippen molar-refractivity contribution in [3.8, 4) is 33.8 Å². The SMILES string of the molecule is COc1ccccc1-c1c2ccccc2c(-c2ccccc2OC)c2cc(C)ccc12. The minimum Gasteiger partial charge on any atom is -0.496 e. The Kier molecular flexibility index (Phi) is 4.83. The number of fused-ring (bicyclic) bond motifs is 2. The van der Waals surface area contributed by atoms with Crippen molar-refractivity contribution in [1.29, 1.82) is 0 Å². The van der Waals surface area contributed by atoms with Crippen molar-refractivity contribution in [2.45, 2.75) is 6.92 Å². The van der Waals surface area contributed by atoms with Gasteiger partial charge in [0.25, 0.3) is 0 Å². The van der Waals surface area contributed by atoms with E-state index in [0.29, 0.717) is 0 Å². The lowest BCUT2D eigenvalue weighted by Crippen LogP contribution is -1.95. The molecule has 0 saturated heterocycles. The predicted molar refractivity (Wildman–Crippen MR) is 130 cm³/mol. The van der Waals surface area contributed by atoms with E-state index in [9.17, 15) is 0 Å². The molecule has 2 heteroatoms. The summed E-state index contributed by atoms with van der Waals surface area (Å²) in [5.74, 6) is 1.75. The molecule has 0 spiro atoms. The molecule has 0 aromatic heterocycles. The lowest BCUT2D eigenvalue weighted by molar-refractivity contribution is 0.416. The van der Waals surface area contributed by atoms with Crippen LogP contribution < -0.4 is 9.47 Å². The summed E-state index contributed by atoms with van der Waals surface area (Å²) in [6.45, 7) is 2.14. The number of hydrogen-bond donors (Lipinski definition) is 0. The minimum absolute atomic E-state index is 0.875. The molecule has 0 amide bonds. The molecule has 0 saturated carbocycles. The zero-order valence-electron chi connectivity index (χ0n) is 18.0. The quantitative estimate of drug-likeness (QED) is 0.286. The molecule has 5 aromatic rings. The monoisotopic (exact) mass is 404 g/mol. The zero-order chi connectivity index (χ0) is 21.4. The van der Waals surface area contributed by atoms with Crippen molar-refractivity contribution < 1.29 is 9.47 Å². The van der Waals surface area contributed by atoms with Gasteiger partial charge in [0.2, 0.25) is 0 Å². The van der Waals surface area contributed by atoms with Gasteiger partial charge in [-0.15, -0.1) is 0 Å². The first-order chi connectivity index (χ1) is 15.2. The molecule has 0 bridgehead atoms. The highest BCUT2D eigenvalue weighted by Gasteiger charge is 2.20. The lowest BCUT2D eigenvalue weighted by atomic mass is 9.85. The van der Waals surface area contributed by atoms with Gasteiger partial charge in [0, 0.05) is 22.3 Å². The number of aryl methyl sites for hydroxylation is 1. The second-order valence-electron chi connectivity index (χ2n) is 7.75. The van der Waals surface area contributed by atoms with Crippen molar-refractivity contribution in [3.05, 3.63) is 96.6 Å². The first kappa shape index (κ1) is 19.2. The average molecular weight is 405 g/mol. The van der Waals surface area contributed by atoms with E-state index in [2.05, 4.69) is 73.7 Å². The molecular formula is C29H24O2. The van der Waals surface area contributed by atoms with Crippen LogP contribution in [-0.4, -0.2) is 14.2 Å². The van der Waals surface area contributed by atoms with E-state index in [1.807, 2.05) is 24.3 Å². The number of rotatable bonds is 4. The summed E-state index contributed by atoms with van der Waals surface area (Å²) in [5.41, 5.74) is 5.82. The first-order valence-corrected chi connectivity index (χ1v) is 10.4. The summed E-state index contributed by atoms with van der Waals surface area (Å²) < 4.78 is 11.5. The molecule has 2 nitrogen and oxygen atoms in total. The van der Waals surface area contributed by atoms with E-state index in [1.165, 1.54) is 38.2 Å². The Morgan fingerprint density at radius 1 is 0.484 bits per heavy atom. The Hall–Kier alpha value is -3.78. The summed E-state index contributed by atoms with van der Waals surface area (Å²) in [6, 6.07) is 31.8. The molecule has 0 aliphatic rings. The maximum atomic E-state index is 5.76. The highest BCUT2D eigenvalue weighted by molar-refractivity contribution is 6.22. The van der Waals surface area contributed by atoms with Gasteiger partial charge in [-0.2, -0.15) is 0 Å². The van der Waals surface area contributed by atoms with Crippen LogP contribution in [0.4, 0.5) is 0 Å². The van der Waals surface area contributed by atoms with Crippen LogP contribution in [0.25, 0.3) is 43.8 Å². The fourth-order valence-corrected chi connectivity index (χ4v) is 4.57. The van der Waals surface area contributed by atoms with Crippen molar-refractivity contribution in [2.75, 3.05) is 14.2 Å². The Morgan fingerprint density at radius 3 is 1.48 bits per heavy atom. The highest BCUT2D eigenvalue weighted by atomic mass is 16.5. The number of para-hydroxylation sites is 2. The normalized spacial score (nSPS) is 11.1. The number of methoxy groups -OCH3 is 2. The van der Waals surface area contributed by atoms with E-state index in [4.69, 9.17) is 9.47 Å². The van der Waals surface area contributed by atoms with Crippen LogP contribution in [0.5, 0.6) is 11.5 Å². The molecular weight excluding hydrogens is 380 g/mol. The summed E-state index contributed by atoms with van der Waals surface area (Å²) in [6.07, 6.45) is 0. The molecule has 152 valence electrons. The van der Waals surface area contributed by atoms with Crippen LogP contribution >= 0.6 is 0 Å². The molecule has 0 aliphatic carbocycles. The van der Waals surface area contributed by atoms with Gasteiger partial charge in [-0.05, 0) is 40.6 Å². The van der Waals surface area contributed by atoms with Gasteiger partial charge in [0.15, 0.2) is 0 Å². The summed E-state index contributed by atoms with van der Waals surface area (Å²) >= 11 is 0. The minimum atomic E-state index is 0.875. The van der Waals surface area contributed by atoms with Gasteiger partial charge in [-0.25, -0.2) is 0 Å². The van der Waals surface area contributed by atoms with Crippen molar-refractivity contribution in [2.24, 2.45) is 0 Å². The van der Waals surface area contributed by atoms with Gasteiger partial charge in [0.05, 0.1) is 14.2 Å². The van der Waals surface area contributed by atoms with E-state index < -0.39 is 0 Å². The van der Waals surface area contributed by atoms with Crippen LogP contribution in [0, 0.1) is 6.92 Å². The van der Waals surface area contributed by atoms with Gasteiger partial charge in [-0.1, -0.05) is 84.4 Å². The largest absolute Gasteiger partial charge is 0.496 e. The third-order valence-electron chi connectivity index (χ3n) is 5.93. The fraction of sp³-hybridized carbons (Fsp3) is 0.103. The van der Waals surface area contributed by atoms with Gasteiger partial charge >= 0.3 is 0 Å². The summed E-state index contributed by atoms with van der Waals surface area (Å²) in [5, 5.41) is 4.81. The number of hydrogen-bond acceptors (Lipinski definition) is 2. The predicted octanol–water partition coefficient (Wildman–Crippen LogP) is 7.65. The van der Waals surface area contributed by atoms with Crippen molar-refractivity contribution in [3.63, 3.8) is 0 Å². The van der Waals surface area contributed by atoms with E-state index in [-0.39, 0.29) is 0 Å². The summed E-state index contributed by atoms with van der Waals surface area (Å²) in [7, 11) is 3.47. The smallest absolute Gasteiger partial charge is 0.126 e. The Balaban J connectivity index is 2.03. The molecule has 0 heterocycles. The maximum absolute atomic E-state index is 5.76. The zero-order valence-corrected chi connectivity index (χ0v) is 18.0. The number of ether oxygens (including phenoxy) is 2. The topological polar surface area (TPSA) is 18.5 Å². The Labute approximate surface area is 182 Å². The van der Waals surface area contributed by atoms with Crippen molar-refractivity contribution in [1.82, 2.24) is 0 Å². The van der Waals surface area contributed by atoms with Crippen LogP contribution in [0.1, 0.15) is 5.56 Å². The van der Waals surface area contributed by atoms with Gasteiger partial charge in [0.1, 0.15) is 11.5 Å². The molecule has 0 aliphatic heterocycles. The molecule has 0 atom stereocenters. The van der Waals surface area contributed by atoms with Gasteiger partial charge < -0.3 is 9.47 Å². The molecule has 0 N–H and O–H groups in total. The lowest BCUT2D eigenvalue weighted by Gasteiger charge is -2.20. The highest BCUT2D eigenvalue weighted by Crippen LogP contribution is 2.47. The van der Waals surface area contributed by atoms with Crippen molar-refractivity contribution >= 4 is 21.5 Å². The number of benzene rings is 5. The van der Waals surface area contributed by atoms with E-state index in [1.54, 1.807) is 14.2 Å².